The molecule has 0 bridgehead atoms. The van der Waals surface area contributed by atoms with Crippen LogP contribution in [0.1, 0.15) is 30.6 Å². The highest BCUT2D eigenvalue weighted by atomic mass is 35.5. The van der Waals surface area contributed by atoms with Gasteiger partial charge in [-0.25, -0.2) is 0 Å². The molecule has 3 nitrogen and oxygen atoms in total. The van der Waals surface area contributed by atoms with Crippen LogP contribution in [-0.2, 0) is 7.05 Å². The Balaban J connectivity index is 2.53. The van der Waals surface area contributed by atoms with Gasteiger partial charge in [0, 0.05) is 22.7 Å². The van der Waals surface area contributed by atoms with E-state index < -0.39 is 0 Å². The van der Waals surface area contributed by atoms with Gasteiger partial charge in [-0.3, -0.25) is 4.68 Å². The van der Waals surface area contributed by atoms with Crippen LogP contribution in [0.3, 0.4) is 0 Å². The number of aromatic nitrogens is 2. The normalized spacial score (nSPS) is 12.7. The lowest BCUT2D eigenvalue weighted by Gasteiger charge is -2.22. The Morgan fingerprint density at radius 1 is 1.20 bits per heavy atom. The summed E-state index contributed by atoms with van der Waals surface area (Å²) in [5.41, 5.74) is 1.69. The van der Waals surface area contributed by atoms with Crippen LogP contribution >= 0.6 is 34.8 Å². The average Bonchev–Trinajstić information content (AvgIpc) is 2.73. The fraction of sp³-hybridized carbons (Fsp3) is 0.357. The Morgan fingerprint density at radius 3 is 2.35 bits per heavy atom. The van der Waals surface area contributed by atoms with E-state index in [4.69, 9.17) is 34.8 Å². The summed E-state index contributed by atoms with van der Waals surface area (Å²) in [7, 11) is 1.85. The molecule has 1 unspecified atom stereocenters. The molecular formula is C14H16Cl3N3. The van der Waals surface area contributed by atoms with Crippen molar-refractivity contribution < 1.29 is 0 Å². The summed E-state index contributed by atoms with van der Waals surface area (Å²) in [4.78, 5) is 0. The van der Waals surface area contributed by atoms with Crippen molar-refractivity contribution >= 4 is 34.8 Å². The van der Waals surface area contributed by atoms with Crippen LogP contribution < -0.4 is 5.32 Å². The second kappa shape index (κ2) is 6.81. The highest BCUT2D eigenvalue weighted by Gasteiger charge is 2.24. The number of nitrogens with zero attached hydrogens (tertiary/aromatic N) is 2. The number of halogens is 3. The minimum absolute atomic E-state index is 0.184. The molecule has 0 fully saturated rings. The third-order valence-electron chi connectivity index (χ3n) is 3.10. The Hall–Kier alpha value is -0.740. The van der Waals surface area contributed by atoms with Crippen LogP contribution in [0.25, 0.3) is 0 Å². The monoisotopic (exact) mass is 331 g/mol. The van der Waals surface area contributed by atoms with Crippen molar-refractivity contribution in [2.24, 2.45) is 7.05 Å². The van der Waals surface area contributed by atoms with Gasteiger partial charge in [0.25, 0.3) is 0 Å². The fourth-order valence-corrected chi connectivity index (χ4v) is 3.05. The molecule has 1 atom stereocenters. The standard InChI is InChI=1S/C14H16Cl3N3/c1-3-7-18-13(14-11(17)8-19-20(14)2)12-9(15)5-4-6-10(12)16/h4-6,8,13,18H,3,7H2,1-2H3. The lowest BCUT2D eigenvalue weighted by atomic mass is 10.0. The summed E-state index contributed by atoms with van der Waals surface area (Å²) in [5, 5.41) is 9.45. The van der Waals surface area contributed by atoms with Gasteiger partial charge in [-0.1, -0.05) is 47.8 Å². The predicted octanol–water partition coefficient (Wildman–Crippen LogP) is 4.47. The zero-order valence-electron chi connectivity index (χ0n) is 11.3. The molecule has 0 amide bonds. The molecule has 108 valence electrons. The fourth-order valence-electron chi connectivity index (χ4n) is 2.16. The van der Waals surface area contributed by atoms with Crippen molar-refractivity contribution in [1.82, 2.24) is 15.1 Å². The SMILES string of the molecule is CCCNC(c1c(Cl)cccc1Cl)c1c(Cl)cnn1C. The van der Waals surface area contributed by atoms with Gasteiger partial charge in [-0.05, 0) is 25.1 Å². The van der Waals surface area contributed by atoms with Crippen molar-refractivity contribution in [3.63, 3.8) is 0 Å². The Labute approximate surface area is 133 Å². The van der Waals surface area contributed by atoms with Crippen molar-refractivity contribution in [3.05, 3.63) is 50.7 Å². The van der Waals surface area contributed by atoms with Gasteiger partial charge in [-0.2, -0.15) is 5.10 Å². The smallest absolute Gasteiger partial charge is 0.0837 e. The molecule has 0 spiro atoms. The van der Waals surface area contributed by atoms with Gasteiger partial charge in [0.2, 0.25) is 0 Å². The van der Waals surface area contributed by atoms with Crippen LogP contribution in [0, 0.1) is 0 Å². The van der Waals surface area contributed by atoms with E-state index in [1.54, 1.807) is 10.9 Å². The van der Waals surface area contributed by atoms with Crippen molar-refractivity contribution in [1.29, 1.82) is 0 Å². The first-order valence-corrected chi connectivity index (χ1v) is 7.54. The first-order chi connectivity index (χ1) is 9.56. The maximum atomic E-state index is 6.33. The van der Waals surface area contributed by atoms with E-state index >= 15 is 0 Å². The summed E-state index contributed by atoms with van der Waals surface area (Å²) < 4.78 is 1.75. The number of benzene rings is 1. The summed E-state index contributed by atoms with van der Waals surface area (Å²) in [6.45, 7) is 2.93. The molecule has 0 aliphatic carbocycles. The van der Waals surface area contributed by atoms with Gasteiger partial charge < -0.3 is 5.32 Å². The van der Waals surface area contributed by atoms with Crippen LogP contribution in [0.4, 0.5) is 0 Å². The van der Waals surface area contributed by atoms with Gasteiger partial charge in [0.1, 0.15) is 0 Å². The molecular weight excluding hydrogens is 317 g/mol. The number of nitrogens with one attached hydrogen (secondary N) is 1. The van der Waals surface area contributed by atoms with Crippen LogP contribution in [-0.4, -0.2) is 16.3 Å². The molecule has 1 heterocycles. The van der Waals surface area contributed by atoms with E-state index in [1.807, 2.05) is 25.2 Å². The van der Waals surface area contributed by atoms with Crippen molar-refractivity contribution in [2.45, 2.75) is 19.4 Å². The van der Waals surface area contributed by atoms with E-state index in [0.29, 0.717) is 15.1 Å². The van der Waals surface area contributed by atoms with E-state index in [2.05, 4.69) is 17.3 Å². The van der Waals surface area contributed by atoms with Crippen molar-refractivity contribution in [2.75, 3.05) is 6.54 Å². The zero-order chi connectivity index (χ0) is 14.7. The molecule has 1 aromatic carbocycles. The number of rotatable bonds is 5. The van der Waals surface area contributed by atoms with Gasteiger partial charge in [0.05, 0.1) is 23.0 Å². The quantitative estimate of drug-likeness (QED) is 0.875. The molecule has 6 heteroatoms. The minimum atomic E-state index is -0.184. The highest BCUT2D eigenvalue weighted by Crippen LogP contribution is 2.36. The maximum Gasteiger partial charge on any atom is 0.0837 e. The zero-order valence-corrected chi connectivity index (χ0v) is 13.6. The lowest BCUT2D eigenvalue weighted by Crippen LogP contribution is -2.26. The second-order valence-corrected chi connectivity index (χ2v) is 5.75. The molecule has 0 saturated carbocycles. The number of hydrogen-bond acceptors (Lipinski definition) is 2. The molecule has 1 aromatic heterocycles. The molecule has 20 heavy (non-hydrogen) atoms. The third-order valence-corrected chi connectivity index (χ3v) is 4.05. The van der Waals surface area contributed by atoms with Gasteiger partial charge >= 0.3 is 0 Å². The minimum Gasteiger partial charge on any atom is -0.305 e. The Bertz CT molecular complexity index is 556. The second-order valence-electron chi connectivity index (χ2n) is 4.52. The van der Waals surface area contributed by atoms with E-state index in [0.717, 1.165) is 24.2 Å². The summed E-state index contributed by atoms with van der Waals surface area (Å²) in [5.74, 6) is 0. The van der Waals surface area contributed by atoms with Gasteiger partial charge in [0.15, 0.2) is 0 Å². The van der Waals surface area contributed by atoms with E-state index in [1.165, 1.54) is 0 Å². The van der Waals surface area contributed by atoms with E-state index in [-0.39, 0.29) is 6.04 Å². The van der Waals surface area contributed by atoms with Crippen molar-refractivity contribution in [3.8, 4) is 0 Å². The van der Waals surface area contributed by atoms with Gasteiger partial charge in [-0.15, -0.1) is 0 Å². The van der Waals surface area contributed by atoms with E-state index in [9.17, 15) is 0 Å². The third kappa shape index (κ3) is 3.12. The van der Waals surface area contributed by atoms with Crippen LogP contribution in [0.2, 0.25) is 15.1 Å². The summed E-state index contributed by atoms with van der Waals surface area (Å²) >= 11 is 18.9. The molecule has 2 aromatic rings. The Morgan fingerprint density at radius 2 is 1.85 bits per heavy atom. The average molecular weight is 333 g/mol. The molecule has 2 rings (SSSR count). The highest BCUT2D eigenvalue weighted by molar-refractivity contribution is 6.36. The number of aryl methyl sites for hydroxylation is 1. The number of hydrogen-bond donors (Lipinski definition) is 1. The first kappa shape index (κ1) is 15.6. The lowest BCUT2D eigenvalue weighted by molar-refractivity contribution is 0.554. The molecule has 0 saturated heterocycles. The first-order valence-electron chi connectivity index (χ1n) is 6.41. The van der Waals surface area contributed by atoms with Crippen LogP contribution in [0.15, 0.2) is 24.4 Å². The summed E-state index contributed by atoms with van der Waals surface area (Å²) in [6.07, 6.45) is 2.62. The Kier molecular flexibility index (Phi) is 5.33. The molecule has 0 aliphatic heterocycles. The predicted molar refractivity (Wildman–Crippen MR) is 84.8 cm³/mol. The molecule has 0 aliphatic rings. The largest absolute Gasteiger partial charge is 0.305 e. The summed E-state index contributed by atoms with van der Waals surface area (Å²) in [6, 6.07) is 5.30. The van der Waals surface area contributed by atoms with Crippen LogP contribution in [0.5, 0.6) is 0 Å². The molecule has 1 N–H and O–H groups in total. The topological polar surface area (TPSA) is 29.9 Å². The maximum absolute atomic E-state index is 6.33. The molecule has 0 radical (unpaired) electrons.